The van der Waals surface area contributed by atoms with Gasteiger partial charge < -0.3 is 15.0 Å². The Morgan fingerprint density at radius 2 is 1.96 bits per heavy atom. The van der Waals surface area contributed by atoms with Crippen LogP contribution in [-0.4, -0.2) is 31.9 Å². The number of para-hydroxylation sites is 2. The number of nitrogens with zero attached hydrogens (tertiary/aromatic N) is 2. The van der Waals surface area contributed by atoms with Crippen molar-refractivity contribution in [3.63, 3.8) is 0 Å². The number of anilines is 2. The molecule has 0 aliphatic carbocycles. The van der Waals surface area contributed by atoms with Crippen molar-refractivity contribution in [2.75, 3.05) is 24.4 Å². The Balaban J connectivity index is 1.69. The van der Waals surface area contributed by atoms with Crippen LogP contribution < -0.4 is 20.4 Å². The molecule has 0 unspecified atom stereocenters. The molecule has 2 aromatic rings. The number of ether oxygens (including phenoxy) is 1. The van der Waals surface area contributed by atoms with Crippen molar-refractivity contribution < 1.29 is 9.53 Å². The summed E-state index contributed by atoms with van der Waals surface area (Å²) in [6, 6.07) is 12.9. The molecular weight excluding hydrogens is 352 g/mol. The van der Waals surface area contributed by atoms with E-state index >= 15 is 0 Å². The minimum absolute atomic E-state index is 0.0230. The van der Waals surface area contributed by atoms with Crippen molar-refractivity contribution in [3.05, 3.63) is 59.7 Å². The molecule has 146 valence electrons. The Morgan fingerprint density at radius 3 is 2.71 bits per heavy atom. The Morgan fingerprint density at radius 1 is 1.21 bits per heavy atom. The molecule has 0 aromatic heterocycles. The lowest BCUT2D eigenvalue weighted by atomic mass is 9.89. The van der Waals surface area contributed by atoms with E-state index in [1.807, 2.05) is 18.2 Å². The Hall–Kier alpha value is -3.28. The predicted octanol–water partition coefficient (Wildman–Crippen LogP) is 4.48. The van der Waals surface area contributed by atoms with Gasteiger partial charge in [-0.2, -0.15) is 5.10 Å². The quantitative estimate of drug-likeness (QED) is 0.609. The number of urea groups is 1. The lowest BCUT2D eigenvalue weighted by molar-refractivity contribution is 0.252. The number of nitrogens with one attached hydrogen (secondary N) is 2. The van der Waals surface area contributed by atoms with Crippen LogP contribution in [0.15, 0.2) is 53.6 Å². The third-order valence-corrected chi connectivity index (χ3v) is 4.98. The fourth-order valence-corrected chi connectivity index (χ4v) is 3.32. The molecule has 2 aromatic carbocycles. The number of allylic oxidation sites excluding steroid dienone is 1. The van der Waals surface area contributed by atoms with Crippen molar-refractivity contribution in [2.24, 2.45) is 5.10 Å². The maximum atomic E-state index is 12.1. The maximum absolute atomic E-state index is 12.1. The van der Waals surface area contributed by atoms with Crippen LogP contribution in [0.25, 0.3) is 5.57 Å². The number of hydrazone groups is 1. The predicted molar refractivity (Wildman–Crippen MR) is 115 cm³/mol. The molecule has 1 aliphatic heterocycles. The van der Waals surface area contributed by atoms with Crippen LogP contribution >= 0.6 is 0 Å². The molecule has 3 rings (SSSR count). The average molecular weight is 378 g/mol. The standard InChI is InChI=1S/C22H26N4O2/c1-15-13-22(2,3)26(4)19-11-10-16(12-17(15)19)14-23-25-21(27)24-18-8-6-7-9-20(18)28-5/h6-14H,1-5H3,(H2,24,25,27)/b23-14-. The number of hydrogen-bond acceptors (Lipinski definition) is 4. The fraction of sp³-hybridized carbons (Fsp3) is 0.273. The van der Waals surface area contributed by atoms with E-state index in [1.165, 1.54) is 16.8 Å². The highest BCUT2D eigenvalue weighted by atomic mass is 16.5. The van der Waals surface area contributed by atoms with Gasteiger partial charge in [-0.05, 0) is 56.2 Å². The molecule has 1 heterocycles. The lowest BCUT2D eigenvalue weighted by Crippen LogP contribution is -2.42. The SMILES string of the molecule is COc1ccccc1NC(=O)N/N=C\c1ccc2c(c1)C(C)=CC(C)(C)N2C. The zero-order chi connectivity index (χ0) is 20.3. The van der Waals surface area contributed by atoms with Gasteiger partial charge in [-0.1, -0.05) is 24.3 Å². The summed E-state index contributed by atoms with van der Waals surface area (Å²) in [5, 5.41) is 6.77. The van der Waals surface area contributed by atoms with Gasteiger partial charge in [0.1, 0.15) is 5.75 Å². The van der Waals surface area contributed by atoms with E-state index in [4.69, 9.17) is 4.74 Å². The van der Waals surface area contributed by atoms with Gasteiger partial charge in [0.15, 0.2) is 0 Å². The summed E-state index contributed by atoms with van der Waals surface area (Å²) in [6.07, 6.45) is 3.89. The highest BCUT2D eigenvalue weighted by Crippen LogP contribution is 2.37. The number of rotatable bonds is 4. The van der Waals surface area contributed by atoms with Crippen LogP contribution in [0.4, 0.5) is 16.2 Å². The van der Waals surface area contributed by atoms with Crippen LogP contribution in [0.5, 0.6) is 5.75 Å². The van der Waals surface area contributed by atoms with Gasteiger partial charge in [0.25, 0.3) is 0 Å². The van der Waals surface area contributed by atoms with E-state index in [0.29, 0.717) is 11.4 Å². The average Bonchev–Trinajstić information content (AvgIpc) is 2.66. The van der Waals surface area contributed by atoms with E-state index in [-0.39, 0.29) is 5.54 Å². The molecular formula is C22H26N4O2. The molecule has 0 atom stereocenters. The highest BCUT2D eigenvalue weighted by molar-refractivity contribution is 5.92. The Labute approximate surface area is 165 Å². The minimum Gasteiger partial charge on any atom is -0.495 e. The normalized spacial score (nSPS) is 15.0. The summed E-state index contributed by atoms with van der Waals surface area (Å²) < 4.78 is 5.22. The largest absolute Gasteiger partial charge is 0.495 e. The smallest absolute Gasteiger partial charge is 0.339 e. The minimum atomic E-state index is -0.434. The summed E-state index contributed by atoms with van der Waals surface area (Å²) in [6.45, 7) is 6.51. The zero-order valence-electron chi connectivity index (χ0n) is 16.9. The third-order valence-electron chi connectivity index (χ3n) is 4.98. The van der Waals surface area contributed by atoms with Crippen LogP contribution in [0.2, 0.25) is 0 Å². The van der Waals surface area contributed by atoms with Gasteiger partial charge in [-0.3, -0.25) is 0 Å². The second-order valence-corrected chi connectivity index (χ2v) is 7.34. The van der Waals surface area contributed by atoms with Gasteiger partial charge in [0, 0.05) is 18.3 Å². The Kier molecular flexibility index (Phi) is 5.40. The molecule has 0 spiro atoms. The monoisotopic (exact) mass is 378 g/mol. The molecule has 0 fully saturated rings. The van der Waals surface area contributed by atoms with E-state index in [0.717, 1.165) is 5.56 Å². The zero-order valence-corrected chi connectivity index (χ0v) is 16.9. The molecule has 0 saturated heterocycles. The number of amides is 2. The van der Waals surface area contributed by atoms with Crippen molar-refractivity contribution in [2.45, 2.75) is 26.3 Å². The van der Waals surface area contributed by atoms with Crippen molar-refractivity contribution in [1.82, 2.24) is 5.43 Å². The van der Waals surface area contributed by atoms with Crippen molar-refractivity contribution in [3.8, 4) is 5.75 Å². The van der Waals surface area contributed by atoms with Gasteiger partial charge in [-0.25, -0.2) is 10.2 Å². The van der Waals surface area contributed by atoms with Crippen LogP contribution in [-0.2, 0) is 0 Å². The van der Waals surface area contributed by atoms with Crippen LogP contribution in [0, 0.1) is 0 Å². The van der Waals surface area contributed by atoms with Crippen LogP contribution in [0.1, 0.15) is 31.9 Å². The first-order chi connectivity index (χ1) is 13.3. The van der Waals surface area contributed by atoms with Gasteiger partial charge in [0.2, 0.25) is 0 Å². The number of hydrogen-bond donors (Lipinski definition) is 2. The third kappa shape index (κ3) is 4.01. The van der Waals surface area contributed by atoms with Crippen molar-refractivity contribution in [1.29, 1.82) is 0 Å². The molecule has 1 aliphatic rings. The first-order valence-electron chi connectivity index (χ1n) is 9.12. The lowest BCUT2D eigenvalue weighted by Gasteiger charge is -2.40. The Bertz CT molecular complexity index is 947. The molecule has 0 bridgehead atoms. The molecule has 0 radical (unpaired) electrons. The summed E-state index contributed by atoms with van der Waals surface area (Å²) in [4.78, 5) is 14.3. The molecule has 28 heavy (non-hydrogen) atoms. The summed E-state index contributed by atoms with van der Waals surface area (Å²) >= 11 is 0. The number of carbonyl (C=O) groups excluding carboxylic acids is 1. The van der Waals surface area contributed by atoms with Gasteiger partial charge in [-0.15, -0.1) is 0 Å². The number of carbonyl (C=O) groups is 1. The molecule has 6 nitrogen and oxygen atoms in total. The summed E-state index contributed by atoms with van der Waals surface area (Å²) in [5.41, 5.74) is 7.54. The number of methoxy groups -OCH3 is 1. The summed E-state index contributed by atoms with van der Waals surface area (Å²) in [7, 11) is 3.65. The number of fused-ring (bicyclic) bond motifs is 1. The van der Waals surface area contributed by atoms with Gasteiger partial charge >= 0.3 is 6.03 Å². The first-order valence-corrected chi connectivity index (χ1v) is 9.12. The first kappa shape index (κ1) is 19.5. The maximum Gasteiger partial charge on any atom is 0.339 e. The van der Waals surface area contributed by atoms with Gasteiger partial charge in [0.05, 0.1) is 24.6 Å². The summed E-state index contributed by atoms with van der Waals surface area (Å²) in [5.74, 6) is 0.589. The van der Waals surface area contributed by atoms with E-state index in [1.54, 1.807) is 25.5 Å². The molecule has 2 amide bonds. The topological polar surface area (TPSA) is 66.0 Å². The molecule has 2 N–H and O–H groups in total. The van der Waals surface area contributed by atoms with Crippen LogP contribution in [0.3, 0.4) is 0 Å². The second-order valence-electron chi connectivity index (χ2n) is 7.34. The number of benzene rings is 2. The van der Waals surface area contributed by atoms with E-state index in [2.05, 4.69) is 66.8 Å². The second kappa shape index (κ2) is 7.76. The van der Waals surface area contributed by atoms with E-state index in [9.17, 15) is 4.79 Å². The fourth-order valence-electron chi connectivity index (χ4n) is 3.32. The molecule has 0 saturated carbocycles. The van der Waals surface area contributed by atoms with E-state index < -0.39 is 6.03 Å². The molecule has 6 heteroatoms. The highest BCUT2D eigenvalue weighted by Gasteiger charge is 2.28. The van der Waals surface area contributed by atoms with Crippen molar-refractivity contribution >= 4 is 29.2 Å². The number of likely N-dealkylation sites (N-methyl/N-ethyl adjacent to an activating group) is 1.